The molecule has 2 heterocycles. The molecule has 11 heteroatoms. The fourth-order valence-electron chi connectivity index (χ4n) is 4.10. The van der Waals surface area contributed by atoms with Gasteiger partial charge in [-0.2, -0.15) is 0 Å². The number of benzene rings is 1. The number of hydrogen-bond donors (Lipinski definition) is 2. The van der Waals surface area contributed by atoms with Crippen molar-refractivity contribution in [2.45, 2.75) is 51.9 Å². The van der Waals surface area contributed by atoms with Crippen LogP contribution >= 0.6 is 0 Å². The molecule has 8 nitrogen and oxygen atoms in total. The van der Waals surface area contributed by atoms with Crippen molar-refractivity contribution >= 4 is 28.6 Å². The highest BCUT2D eigenvalue weighted by Gasteiger charge is 2.38. The molecule has 2 aliphatic rings. The highest BCUT2D eigenvalue weighted by atomic mass is 32.2. The Hall–Kier alpha value is -3.47. The SMILES string of the molecule is Cc1ccc(C(=O)NC(C)C)cc1-c1nc(S(C)=O)nc2c1CNC(=O)N2C1=C(F)C(C)CC=C1F. The second-order valence-electron chi connectivity index (χ2n) is 9.15. The van der Waals surface area contributed by atoms with Crippen LogP contribution in [0.15, 0.2) is 46.8 Å². The Labute approximate surface area is 210 Å². The Morgan fingerprint density at radius 2 is 2.00 bits per heavy atom. The summed E-state index contributed by atoms with van der Waals surface area (Å²) in [5.74, 6) is -2.61. The summed E-state index contributed by atoms with van der Waals surface area (Å²) < 4.78 is 42.5. The van der Waals surface area contributed by atoms with E-state index in [1.807, 2.05) is 20.8 Å². The molecule has 36 heavy (non-hydrogen) atoms. The number of urea groups is 1. The van der Waals surface area contributed by atoms with Gasteiger partial charge in [0.15, 0.2) is 5.82 Å². The minimum absolute atomic E-state index is 0.0196. The molecule has 3 amide bonds. The van der Waals surface area contributed by atoms with Crippen molar-refractivity contribution in [3.05, 3.63) is 58.3 Å². The molecule has 0 saturated heterocycles. The molecular formula is C25H27F2N5O3S. The van der Waals surface area contributed by atoms with Crippen molar-refractivity contribution in [3.63, 3.8) is 0 Å². The Kier molecular flexibility index (Phi) is 7.03. The molecule has 1 aliphatic heterocycles. The first-order valence-corrected chi connectivity index (χ1v) is 13.0. The highest BCUT2D eigenvalue weighted by Crippen LogP contribution is 2.40. The van der Waals surface area contributed by atoms with Crippen molar-refractivity contribution in [1.29, 1.82) is 0 Å². The first-order valence-electron chi connectivity index (χ1n) is 11.5. The van der Waals surface area contributed by atoms with Gasteiger partial charge in [0.2, 0.25) is 5.16 Å². The maximum atomic E-state index is 15.2. The van der Waals surface area contributed by atoms with E-state index in [1.54, 1.807) is 25.1 Å². The van der Waals surface area contributed by atoms with Crippen LogP contribution in [0.2, 0.25) is 0 Å². The second kappa shape index (κ2) is 9.88. The molecule has 2 unspecified atom stereocenters. The number of hydrogen-bond acceptors (Lipinski definition) is 5. The van der Waals surface area contributed by atoms with Crippen LogP contribution in [-0.4, -0.2) is 38.4 Å². The van der Waals surface area contributed by atoms with Gasteiger partial charge in [0, 0.05) is 34.9 Å². The van der Waals surface area contributed by atoms with Gasteiger partial charge < -0.3 is 10.6 Å². The van der Waals surface area contributed by atoms with E-state index < -0.39 is 40.1 Å². The number of halogens is 2. The molecule has 0 saturated carbocycles. The lowest BCUT2D eigenvalue weighted by Crippen LogP contribution is -2.45. The maximum Gasteiger partial charge on any atom is 0.328 e. The number of anilines is 1. The van der Waals surface area contributed by atoms with E-state index in [9.17, 15) is 18.2 Å². The minimum atomic E-state index is -1.67. The first kappa shape index (κ1) is 25.6. The van der Waals surface area contributed by atoms with E-state index in [4.69, 9.17) is 0 Å². The Bertz CT molecular complexity index is 1360. The number of aromatic nitrogens is 2. The third kappa shape index (κ3) is 4.67. The lowest BCUT2D eigenvalue weighted by Gasteiger charge is -2.33. The van der Waals surface area contributed by atoms with Crippen LogP contribution in [0.4, 0.5) is 19.4 Å². The van der Waals surface area contributed by atoms with Crippen molar-refractivity contribution in [3.8, 4) is 11.3 Å². The van der Waals surface area contributed by atoms with E-state index in [2.05, 4.69) is 20.6 Å². The van der Waals surface area contributed by atoms with Gasteiger partial charge in [0.25, 0.3) is 5.91 Å². The van der Waals surface area contributed by atoms with E-state index >= 15 is 4.39 Å². The van der Waals surface area contributed by atoms with Crippen LogP contribution in [0.5, 0.6) is 0 Å². The maximum absolute atomic E-state index is 15.2. The molecule has 2 aromatic rings. The van der Waals surface area contributed by atoms with Crippen molar-refractivity contribution in [2.75, 3.05) is 11.2 Å². The van der Waals surface area contributed by atoms with Crippen LogP contribution in [0.3, 0.4) is 0 Å². The average Bonchev–Trinajstić information content (AvgIpc) is 2.82. The number of nitrogens with one attached hydrogen (secondary N) is 2. The normalized spacial score (nSPS) is 18.6. The van der Waals surface area contributed by atoms with Crippen LogP contribution in [0, 0.1) is 12.8 Å². The number of nitrogens with zero attached hydrogens (tertiary/aromatic N) is 3. The van der Waals surface area contributed by atoms with Gasteiger partial charge in [-0.3, -0.25) is 9.00 Å². The van der Waals surface area contributed by atoms with E-state index in [1.165, 1.54) is 12.3 Å². The van der Waals surface area contributed by atoms with E-state index in [-0.39, 0.29) is 35.9 Å². The summed E-state index contributed by atoms with van der Waals surface area (Å²) in [4.78, 5) is 35.2. The average molecular weight is 516 g/mol. The van der Waals surface area contributed by atoms with Gasteiger partial charge in [-0.05, 0) is 51.0 Å². The molecule has 190 valence electrons. The fraction of sp³-hybridized carbons (Fsp3) is 0.360. The third-order valence-corrected chi connectivity index (χ3v) is 6.68. The Morgan fingerprint density at radius 1 is 1.28 bits per heavy atom. The molecule has 1 aliphatic carbocycles. The van der Waals surface area contributed by atoms with Gasteiger partial charge in [0.05, 0.1) is 23.0 Å². The molecule has 1 aromatic carbocycles. The number of rotatable bonds is 5. The molecule has 0 bridgehead atoms. The molecule has 2 atom stereocenters. The standard InChI is InChI=1S/C25H27F2N5O3S/c1-12(2)29-23(33)15-8-6-13(3)16(10-15)20-17-11-28-25(34)32(22(17)31-24(30-20)36(5)35)21-18(26)9-7-14(4)19(21)27/h6,8-10,12,14H,7,11H2,1-5H3,(H,28,34)(H,29,33). The van der Waals surface area contributed by atoms with Gasteiger partial charge in [-0.1, -0.05) is 13.0 Å². The van der Waals surface area contributed by atoms with Gasteiger partial charge in [-0.25, -0.2) is 28.4 Å². The number of aryl methyl sites for hydroxylation is 1. The summed E-state index contributed by atoms with van der Waals surface area (Å²) in [6.45, 7) is 7.09. The third-order valence-electron chi connectivity index (χ3n) is 5.99. The number of carbonyl (C=O) groups is 2. The number of allylic oxidation sites excluding steroid dienone is 3. The molecule has 0 radical (unpaired) electrons. The Balaban J connectivity index is 1.96. The second-order valence-corrected chi connectivity index (χ2v) is 10.4. The molecule has 2 N–H and O–H groups in total. The number of fused-ring (bicyclic) bond motifs is 1. The highest BCUT2D eigenvalue weighted by molar-refractivity contribution is 7.84. The molecular weight excluding hydrogens is 488 g/mol. The van der Waals surface area contributed by atoms with Crippen molar-refractivity contribution in [2.24, 2.45) is 5.92 Å². The van der Waals surface area contributed by atoms with E-state index in [0.29, 0.717) is 22.4 Å². The molecule has 1 aromatic heterocycles. The first-order chi connectivity index (χ1) is 17.0. The van der Waals surface area contributed by atoms with Gasteiger partial charge >= 0.3 is 6.03 Å². The quantitative estimate of drug-likeness (QED) is 0.574. The zero-order chi connectivity index (χ0) is 26.3. The van der Waals surface area contributed by atoms with Crippen molar-refractivity contribution in [1.82, 2.24) is 20.6 Å². The summed E-state index contributed by atoms with van der Waals surface area (Å²) >= 11 is 0. The summed E-state index contributed by atoms with van der Waals surface area (Å²) in [6, 6.07) is 4.26. The lowest BCUT2D eigenvalue weighted by molar-refractivity contribution is 0.0943. The number of amides is 3. The van der Waals surface area contributed by atoms with Crippen LogP contribution in [0.1, 0.15) is 48.7 Å². The molecule has 4 rings (SSSR count). The summed E-state index contributed by atoms with van der Waals surface area (Å²) in [5, 5.41) is 5.38. The molecule has 0 fully saturated rings. The van der Waals surface area contributed by atoms with Crippen LogP contribution in [-0.2, 0) is 17.3 Å². The van der Waals surface area contributed by atoms with Gasteiger partial charge in [0.1, 0.15) is 17.4 Å². The van der Waals surface area contributed by atoms with Crippen molar-refractivity contribution < 1.29 is 22.6 Å². The summed E-state index contributed by atoms with van der Waals surface area (Å²) in [6.07, 6.45) is 2.76. The fourth-order valence-corrected chi connectivity index (χ4v) is 4.54. The smallest absolute Gasteiger partial charge is 0.328 e. The topological polar surface area (TPSA) is 104 Å². The zero-order valence-electron chi connectivity index (χ0n) is 20.6. The monoisotopic (exact) mass is 515 g/mol. The summed E-state index contributed by atoms with van der Waals surface area (Å²) in [7, 11) is -1.67. The zero-order valence-corrected chi connectivity index (χ0v) is 21.4. The largest absolute Gasteiger partial charge is 0.350 e. The van der Waals surface area contributed by atoms with E-state index in [0.717, 1.165) is 10.5 Å². The Morgan fingerprint density at radius 3 is 2.67 bits per heavy atom. The lowest BCUT2D eigenvalue weighted by atomic mass is 9.96. The number of carbonyl (C=O) groups excluding carboxylic acids is 2. The summed E-state index contributed by atoms with van der Waals surface area (Å²) in [5.41, 5.74) is 1.88. The van der Waals surface area contributed by atoms with Gasteiger partial charge in [-0.15, -0.1) is 0 Å². The van der Waals surface area contributed by atoms with Crippen LogP contribution < -0.4 is 15.5 Å². The predicted molar refractivity (Wildman–Crippen MR) is 133 cm³/mol. The predicted octanol–water partition coefficient (Wildman–Crippen LogP) is 4.43. The van der Waals surface area contributed by atoms with Crippen LogP contribution in [0.25, 0.3) is 11.3 Å². The minimum Gasteiger partial charge on any atom is -0.350 e. The molecule has 0 spiro atoms.